The van der Waals surface area contributed by atoms with E-state index in [9.17, 15) is 14.0 Å². The van der Waals surface area contributed by atoms with Gasteiger partial charge in [-0.2, -0.15) is 0 Å². The van der Waals surface area contributed by atoms with Gasteiger partial charge in [0.05, 0.1) is 5.56 Å². The number of nitrogens with zero attached hydrogens (tertiary/aromatic N) is 1. The Bertz CT molecular complexity index is 1590. The molecule has 0 spiro atoms. The fraction of sp³-hybridized carbons (Fsp3) is 0.0968. The molecule has 0 fully saturated rings. The van der Waals surface area contributed by atoms with Crippen molar-refractivity contribution in [2.45, 2.75) is 6.54 Å². The van der Waals surface area contributed by atoms with Crippen LogP contribution in [0.3, 0.4) is 0 Å². The van der Waals surface area contributed by atoms with Crippen molar-refractivity contribution in [3.63, 3.8) is 0 Å². The topological polar surface area (TPSA) is 62.6 Å². The van der Waals surface area contributed by atoms with Gasteiger partial charge in [-0.15, -0.1) is 0 Å². The lowest BCUT2D eigenvalue weighted by Gasteiger charge is -2.18. The van der Waals surface area contributed by atoms with E-state index in [2.05, 4.69) is 5.32 Å². The zero-order chi connectivity index (χ0) is 25.9. The normalized spacial score (nSPS) is 10.9. The molecule has 0 saturated carbocycles. The predicted molar refractivity (Wildman–Crippen MR) is 143 cm³/mol. The number of hydrogen-bond acceptors (Lipinski definition) is 3. The lowest BCUT2D eigenvalue weighted by Crippen LogP contribution is -2.26. The zero-order valence-electron chi connectivity index (χ0n) is 20.5. The molecule has 4 aromatic carbocycles. The Hall–Kier alpha value is -4.71. The van der Waals surface area contributed by atoms with Gasteiger partial charge in [0.25, 0.3) is 11.8 Å². The van der Waals surface area contributed by atoms with Crippen LogP contribution in [0.2, 0.25) is 0 Å². The molecule has 0 atom stereocenters. The first-order valence-corrected chi connectivity index (χ1v) is 11.9. The Balaban J connectivity index is 1.51. The molecule has 1 heterocycles. The van der Waals surface area contributed by atoms with Crippen molar-refractivity contribution in [3.8, 4) is 22.5 Å². The van der Waals surface area contributed by atoms with Crippen molar-refractivity contribution >= 4 is 22.8 Å². The molecule has 2 amide bonds. The van der Waals surface area contributed by atoms with Gasteiger partial charge in [0.15, 0.2) is 0 Å². The summed E-state index contributed by atoms with van der Waals surface area (Å²) in [6, 6.07) is 28.7. The number of amides is 2. The summed E-state index contributed by atoms with van der Waals surface area (Å²) >= 11 is 0. The molecule has 1 N–H and O–H groups in total. The number of nitrogens with one attached hydrogen (secondary N) is 1. The summed E-state index contributed by atoms with van der Waals surface area (Å²) in [6.07, 6.45) is 0. The minimum Gasteiger partial charge on any atom is -0.455 e. The maximum Gasteiger partial charge on any atom is 0.255 e. The van der Waals surface area contributed by atoms with Crippen molar-refractivity contribution in [1.82, 2.24) is 10.2 Å². The van der Waals surface area contributed by atoms with Gasteiger partial charge in [0.2, 0.25) is 0 Å². The van der Waals surface area contributed by atoms with E-state index < -0.39 is 0 Å². The third-order valence-electron chi connectivity index (χ3n) is 6.30. The Morgan fingerprint density at radius 2 is 1.54 bits per heavy atom. The van der Waals surface area contributed by atoms with E-state index >= 15 is 0 Å². The highest BCUT2D eigenvalue weighted by atomic mass is 19.1. The van der Waals surface area contributed by atoms with Crippen LogP contribution < -0.4 is 5.32 Å². The number of rotatable bonds is 6. The molecular weight excluding hydrogens is 467 g/mol. The number of fused-ring (bicyclic) bond motifs is 1. The highest BCUT2D eigenvalue weighted by molar-refractivity contribution is 6.11. The first-order valence-electron chi connectivity index (χ1n) is 11.9. The molecule has 5 aromatic rings. The van der Waals surface area contributed by atoms with E-state index in [1.54, 1.807) is 43.3 Å². The number of carbonyl (C=O) groups is 2. The van der Waals surface area contributed by atoms with Crippen molar-refractivity contribution < 1.29 is 18.4 Å². The van der Waals surface area contributed by atoms with Crippen LogP contribution in [0.25, 0.3) is 33.4 Å². The SMILES string of the molecule is CNC(=O)c1c(-c2ccc(F)cc2)oc2ccc(-c3cccc(C(=O)N(C)Cc4ccccc4)c3)cc12. The van der Waals surface area contributed by atoms with E-state index in [0.717, 1.165) is 16.7 Å². The lowest BCUT2D eigenvalue weighted by atomic mass is 9.98. The second-order valence-electron chi connectivity index (χ2n) is 8.83. The molecule has 5 nitrogen and oxygen atoms in total. The van der Waals surface area contributed by atoms with E-state index in [0.29, 0.717) is 40.0 Å². The van der Waals surface area contributed by atoms with Crippen LogP contribution >= 0.6 is 0 Å². The average molecular weight is 493 g/mol. The maximum absolute atomic E-state index is 13.5. The fourth-order valence-corrected chi connectivity index (χ4v) is 4.41. The molecule has 184 valence electrons. The van der Waals surface area contributed by atoms with Gasteiger partial charge in [0, 0.05) is 37.2 Å². The molecule has 0 aliphatic carbocycles. The number of hydrogen-bond donors (Lipinski definition) is 1. The molecule has 6 heteroatoms. The lowest BCUT2D eigenvalue weighted by molar-refractivity contribution is 0.0785. The number of halogens is 1. The number of furan rings is 1. The molecule has 5 rings (SSSR count). The van der Waals surface area contributed by atoms with Crippen LogP contribution in [0.1, 0.15) is 26.3 Å². The van der Waals surface area contributed by atoms with E-state index in [-0.39, 0.29) is 17.6 Å². The molecule has 0 unspecified atom stereocenters. The molecule has 37 heavy (non-hydrogen) atoms. The molecule has 0 aliphatic rings. The van der Waals surface area contributed by atoms with Crippen LogP contribution in [-0.2, 0) is 6.54 Å². The van der Waals surface area contributed by atoms with Gasteiger partial charge in [-0.1, -0.05) is 48.5 Å². The van der Waals surface area contributed by atoms with Crippen molar-refractivity contribution in [3.05, 3.63) is 120 Å². The smallest absolute Gasteiger partial charge is 0.255 e. The zero-order valence-corrected chi connectivity index (χ0v) is 20.5. The summed E-state index contributed by atoms with van der Waals surface area (Å²) in [5.41, 5.74) is 4.82. The third-order valence-corrected chi connectivity index (χ3v) is 6.30. The first-order chi connectivity index (χ1) is 17.9. The second kappa shape index (κ2) is 10.1. The quantitative estimate of drug-likeness (QED) is 0.293. The number of carbonyl (C=O) groups excluding carboxylic acids is 2. The molecule has 0 aliphatic heterocycles. The van der Waals surface area contributed by atoms with Crippen molar-refractivity contribution in [2.24, 2.45) is 0 Å². The van der Waals surface area contributed by atoms with Crippen LogP contribution in [0.5, 0.6) is 0 Å². The predicted octanol–water partition coefficient (Wildman–Crippen LogP) is 6.54. The third kappa shape index (κ3) is 4.86. The van der Waals surface area contributed by atoms with Crippen LogP contribution in [0.4, 0.5) is 4.39 Å². The Morgan fingerprint density at radius 3 is 2.27 bits per heavy atom. The van der Waals surface area contributed by atoms with Crippen LogP contribution in [-0.4, -0.2) is 30.8 Å². The molecular formula is C31H25FN2O3. The summed E-state index contributed by atoms with van der Waals surface area (Å²) in [4.78, 5) is 27.7. The molecule has 0 radical (unpaired) electrons. The standard InChI is InChI=1S/C31H25FN2O3/c1-33-30(35)28-26-18-23(13-16-27(26)37-29(28)21-11-14-25(32)15-12-21)22-9-6-10-24(17-22)31(36)34(2)19-20-7-4-3-5-8-20/h3-18H,19H2,1-2H3,(H,33,35). The van der Waals surface area contributed by atoms with E-state index in [1.165, 1.54) is 12.1 Å². The largest absolute Gasteiger partial charge is 0.455 e. The van der Waals surface area contributed by atoms with Crippen LogP contribution in [0, 0.1) is 5.82 Å². The first kappa shape index (κ1) is 24.0. The summed E-state index contributed by atoms with van der Waals surface area (Å²) in [5.74, 6) is -0.383. The minimum absolute atomic E-state index is 0.0836. The van der Waals surface area contributed by atoms with Gasteiger partial charge in [0.1, 0.15) is 17.2 Å². The van der Waals surface area contributed by atoms with E-state index in [1.807, 2.05) is 60.7 Å². The Labute approximate surface area is 214 Å². The highest BCUT2D eigenvalue weighted by Crippen LogP contribution is 2.36. The Kier molecular flexibility index (Phi) is 6.56. The maximum atomic E-state index is 13.5. The fourth-order valence-electron chi connectivity index (χ4n) is 4.41. The van der Waals surface area contributed by atoms with Crippen LogP contribution in [0.15, 0.2) is 101 Å². The minimum atomic E-state index is -0.368. The number of benzene rings is 4. The average Bonchev–Trinajstić information content (AvgIpc) is 3.32. The highest BCUT2D eigenvalue weighted by Gasteiger charge is 2.22. The Morgan fingerprint density at radius 1 is 0.838 bits per heavy atom. The van der Waals surface area contributed by atoms with Crippen molar-refractivity contribution in [2.75, 3.05) is 14.1 Å². The summed E-state index contributed by atoms with van der Waals surface area (Å²) < 4.78 is 19.5. The summed E-state index contributed by atoms with van der Waals surface area (Å²) in [7, 11) is 3.34. The van der Waals surface area contributed by atoms with Gasteiger partial charge >= 0.3 is 0 Å². The monoisotopic (exact) mass is 492 g/mol. The van der Waals surface area contributed by atoms with Gasteiger partial charge in [-0.05, 0) is 65.2 Å². The van der Waals surface area contributed by atoms with E-state index in [4.69, 9.17) is 4.42 Å². The summed E-state index contributed by atoms with van der Waals surface area (Å²) in [5, 5.41) is 3.31. The second-order valence-corrected chi connectivity index (χ2v) is 8.83. The molecule has 0 saturated heterocycles. The van der Waals surface area contributed by atoms with Crippen molar-refractivity contribution in [1.29, 1.82) is 0 Å². The van der Waals surface area contributed by atoms with Gasteiger partial charge in [-0.3, -0.25) is 9.59 Å². The van der Waals surface area contributed by atoms with Gasteiger partial charge in [-0.25, -0.2) is 4.39 Å². The molecule has 0 bridgehead atoms. The molecule has 1 aromatic heterocycles. The van der Waals surface area contributed by atoms with Gasteiger partial charge < -0.3 is 14.6 Å². The summed E-state index contributed by atoms with van der Waals surface area (Å²) in [6.45, 7) is 0.506.